The maximum atomic E-state index is 12.8. The highest BCUT2D eigenvalue weighted by Gasteiger charge is 2.28. The number of morpholine rings is 1. The van der Waals surface area contributed by atoms with Crippen molar-refractivity contribution in [2.75, 3.05) is 38.3 Å². The lowest BCUT2D eigenvalue weighted by Crippen LogP contribution is -2.39. The van der Waals surface area contributed by atoms with Gasteiger partial charge in [0.1, 0.15) is 0 Å². The molecule has 1 saturated carbocycles. The molecule has 0 aromatic heterocycles. The van der Waals surface area contributed by atoms with Gasteiger partial charge in [-0.3, -0.25) is 4.79 Å². The SMILES string of the molecule is CN(Cc1ccccc1N1CCOCC1)C(=O)C1CCCC(N)C1. The molecule has 5 nitrogen and oxygen atoms in total. The summed E-state index contributed by atoms with van der Waals surface area (Å²) in [6, 6.07) is 8.57. The van der Waals surface area contributed by atoms with Crippen LogP contribution in [0.5, 0.6) is 0 Å². The van der Waals surface area contributed by atoms with E-state index in [1.165, 1.54) is 11.3 Å². The van der Waals surface area contributed by atoms with Gasteiger partial charge in [0.2, 0.25) is 5.91 Å². The molecule has 1 aromatic carbocycles. The molecule has 1 heterocycles. The molecule has 2 aliphatic rings. The molecule has 3 rings (SSSR count). The Kier molecular flexibility index (Phi) is 5.74. The van der Waals surface area contributed by atoms with Gasteiger partial charge in [-0.15, -0.1) is 0 Å². The summed E-state index contributed by atoms with van der Waals surface area (Å²) in [6.45, 7) is 4.00. The average Bonchev–Trinajstić information content (AvgIpc) is 2.62. The number of para-hydroxylation sites is 1. The van der Waals surface area contributed by atoms with Crippen LogP contribution in [0.4, 0.5) is 5.69 Å². The minimum Gasteiger partial charge on any atom is -0.378 e. The van der Waals surface area contributed by atoms with Crippen molar-refractivity contribution in [2.45, 2.75) is 38.3 Å². The van der Waals surface area contributed by atoms with E-state index >= 15 is 0 Å². The summed E-state index contributed by atoms with van der Waals surface area (Å²) in [4.78, 5) is 17.0. The quantitative estimate of drug-likeness (QED) is 0.917. The minimum absolute atomic E-state index is 0.0919. The Hall–Kier alpha value is -1.59. The van der Waals surface area contributed by atoms with Crippen LogP contribution < -0.4 is 10.6 Å². The summed E-state index contributed by atoms with van der Waals surface area (Å²) < 4.78 is 5.45. The van der Waals surface area contributed by atoms with E-state index in [0.717, 1.165) is 52.0 Å². The van der Waals surface area contributed by atoms with E-state index in [0.29, 0.717) is 6.54 Å². The number of nitrogens with two attached hydrogens (primary N) is 1. The Bertz CT molecular complexity index is 557. The van der Waals surface area contributed by atoms with E-state index in [9.17, 15) is 4.79 Å². The first-order chi connectivity index (χ1) is 11.6. The van der Waals surface area contributed by atoms with Gasteiger partial charge in [0.25, 0.3) is 0 Å². The molecular weight excluding hydrogens is 302 g/mol. The number of hydrogen-bond acceptors (Lipinski definition) is 4. The first kappa shape index (κ1) is 17.2. The van der Waals surface area contributed by atoms with Crippen LogP contribution in [0.3, 0.4) is 0 Å². The van der Waals surface area contributed by atoms with E-state index in [1.54, 1.807) is 0 Å². The Labute approximate surface area is 144 Å². The van der Waals surface area contributed by atoms with E-state index in [4.69, 9.17) is 10.5 Å². The van der Waals surface area contributed by atoms with Crippen molar-refractivity contribution >= 4 is 11.6 Å². The zero-order valence-corrected chi connectivity index (χ0v) is 14.6. The molecule has 1 aliphatic carbocycles. The molecule has 0 radical (unpaired) electrons. The molecule has 1 aromatic rings. The number of carbonyl (C=O) groups is 1. The molecule has 2 unspecified atom stereocenters. The summed E-state index contributed by atoms with van der Waals surface area (Å²) >= 11 is 0. The molecule has 132 valence electrons. The van der Waals surface area contributed by atoms with Crippen LogP contribution in [0.25, 0.3) is 0 Å². The van der Waals surface area contributed by atoms with Gasteiger partial charge >= 0.3 is 0 Å². The summed E-state index contributed by atoms with van der Waals surface area (Å²) in [5.74, 6) is 0.330. The van der Waals surface area contributed by atoms with Crippen LogP contribution in [-0.2, 0) is 16.1 Å². The van der Waals surface area contributed by atoms with Crippen LogP contribution in [0.15, 0.2) is 24.3 Å². The third-order valence-electron chi connectivity index (χ3n) is 5.19. The smallest absolute Gasteiger partial charge is 0.225 e. The fraction of sp³-hybridized carbons (Fsp3) is 0.632. The molecule has 2 N–H and O–H groups in total. The highest BCUT2D eigenvalue weighted by atomic mass is 16.5. The number of ether oxygens (including phenoxy) is 1. The van der Waals surface area contributed by atoms with Crippen LogP contribution in [0.1, 0.15) is 31.2 Å². The highest BCUT2D eigenvalue weighted by molar-refractivity contribution is 5.79. The summed E-state index contributed by atoms with van der Waals surface area (Å²) in [5, 5.41) is 0. The van der Waals surface area contributed by atoms with Crippen molar-refractivity contribution < 1.29 is 9.53 Å². The zero-order valence-electron chi connectivity index (χ0n) is 14.6. The van der Waals surface area contributed by atoms with Gasteiger partial charge in [0.05, 0.1) is 13.2 Å². The molecule has 1 amide bonds. The van der Waals surface area contributed by atoms with Crippen LogP contribution in [-0.4, -0.2) is 50.2 Å². The van der Waals surface area contributed by atoms with Crippen LogP contribution >= 0.6 is 0 Å². The second kappa shape index (κ2) is 7.99. The third kappa shape index (κ3) is 4.08. The largest absolute Gasteiger partial charge is 0.378 e. The third-order valence-corrected chi connectivity index (χ3v) is 5.19. The monoisotopic (exact) mass is 331 g/mol. The lowest BCUT2D eigenvalue weighted by Gasteiger charge is -2.33. The number of carbonyl (C=O) groups excluding carboxylic acids is 1. The molecule has 0 bridgehead atoms. The Morgan fingerprint density at radius 1 is 1.29 bits per heavy atom. The van der Waals surface area contributed by atoms with E-state index in [2.05, 4.69) is 23.1 Å². The normalized spacial score (nSPS) is 24.7. The standard InChI is InChI=1S/C19H29N3O2/c1-21(19(23)15-6-4-7-17(20)13-15)14-16-5-2-3-8-18(16)22-9-11-24-12-10-22/h2-3,5,8,15,17H,4,6-7,9-14,20H2,1H3. The van der Waals surface area contributed by atoms with Crippen molar-refractivity contribution in [3.05, 3.63) is 29.8 Å². The van der Waals surface area contributed by atoms with E-state index in [-0.39, 0.29) is 17.9 Å². The number of nitrogens with zero attached hydrogens (tertiary/aromatic N) is 2. The predicted molar refractivity (Wildman–Crippen MR) is 95.9 cm³/mol. The first-order valence-corrected chi connectivity index (χ1v) is 9.06. The second-order valence-corrected chi connectivity index (χ2v) is 7.05. The maximum absolute atomic E-state index is 12.8. The summed E-state index contributed by atoms with van der Waals surface area (Å²) in [5.41, 5.74) is 8.48. The molecule has 0 spiro atoms. The van der Waals surface area contributed by atoms with Crippen LogP contribution in [0.2, 0.25) is 0 Å². The van der Waals surface area contributed by atoms with Crippen molar-refractivity contribution in [2.24, 2.45) is 11.7 Å². The van der Waals surface area contributed by atoms with Crippen molar-refractivity contribution in [3.63, 3.8) is 0 Å². The fourth-order valence-corrected chi connectivity index (χ4v) is 3.85. The topological polar surface area (TPSA) is 58.8 Å². The number of hydrogen-bond donors (Lipinski definition) is 1. The Balaban J connectivity index is 1.67. The lowest BCUT2D eigenvalue weighted by molar-refractivity contribution is -0.135. The van der Waals surface area contributed by atoms with Gasteiger partial charge in [-0.1, -0.05) is 24.6 Å². The van der Waals surface area contributed by atoms with Gasteiger partial charge in [0, 0.05) is 44.3 Å². The van der Waals surface area contributed by atoms with Gasteiger partial charge in [-0.05, 0) is 30.9 Å². The molecular formula is C19H29N3O2. The zero-order chi connectivity index (χ0) is 16.9. The van der Waals surface area contributed by atoms with Gasteiger partial charge in [-0.25, -0.2) is 0 Å². The van der Waals surface area contributed by atoms with Gasteiger partial charge in [-0.2, -0.15) is 0 Å². The molecule has 2 fully saturated rings. The van der Waals surface area contributed by atoms with Crippen molar-refractivity contribution in [1.82, 2.24) is 4.90 Å². The summed E-state index contributed by atoms with van der Waals surface area (Å²) in [6.07, 6.45) is 3.92. The number of benzene rings is 1. The highest BCUT2D eigenvalue weighted by Crippen LogP contribution is 2.27. The second-order valence-electron chi connectivity index (χ2n) is 7.05. The maximum Gasteiger partial charge on any atom is 0.225 e. The number of amides is 1. The van der Waals surface area contributed by atoms with E-state index < -0.39 is 0 Å². The minimum atomic E-state index is 0.0919. The van der Waals surface area contributed by atoms with E-state index in [1.807, 2.05) is 18.0 Å². The molecule has 2 atom stereocenters. The van der Waals surface area contributed by atoms with Crippen molar-refractivity contribution in [3.8, 4) is 0 Å². The van der Waals surface area contributed by atoms with Gasteiger partial charge in [0.15, 0.2) is 0 Å². The predicted octanol–water partition coefficient (Wildman–Crippen LogP) is 2.00. The molecule has 5 heteroatoms. The average molecular weight is 331 g/mol. The fourth-order valence-electron chi connectivity index (χ4n) is 3.85. The Morgan fingerprint density at radius 3 is 2.79 bits per heavy atom. The molecule has 1 aliphatic heterocycles. The number of anilines is 1. The molecule has 1 saturated heterocycles. The Morgan fingerprint density at radius 2 is 2.04 bits per heavy atom. The lowest BCUT2D eigenvalue weighted by atomic mass is 9.85. The summed E-state index contributed by atoms with van der Waals surface area (Å²) in [7, 11) is 1.92. The van der Waals surface area contributed by atoms with Crippen molar-refractivity contribution in [1.29, 1.82) is 0 Å². The number of rotatable bonds is 4. The van der Waals surface area contributed by atoms with Crippen LogP contribution in [0, 0.1) is 5.92 Å². The molecule has 24 heavy (non-hydrogen) atoms. The first-order valence-electron chi connectivity index (χ1n) is 9.06. The van der Waals surface area contributed by atoms with Gasteiger partial charge < -0.3 is 20.3 Å².